The number of benzene rings is 1. The van der Waals surface area contributed by atoms with E-state index in [1.54, 1.807) is 6.07 Å². The second kappa shape index (κ2) is 6.87. The van der Waals surface area contributed by atoms with Crippen LogP contribution in [0.1, 0.15) is 25.3 Å². The van der Waals surface area contributed by atoms with Crippen LogP contribution in [0.3, 0.4) is 0 Å². The molecule has 1 N–H and O–H groups in total. The average molecular weight is 312 g/mol. The Kier molecular flexibility index (Phi) is 5.14. The summed E-state index contributed by atoms with van der Waals surface area (Å²) in [6, 6.07) is 4.63. The lowest BCUT2D eigenvalue weighted by Crippen LogP contribution is -2.40. The molecule has 21 heavy (non-hydrogen) atoms. The zero-order valence-corrected chi connectivity index (χ0v) is 12.6. The molecule has 1 atom stereocenters. The lowest BCUT2D eigenvalue weighted by Gasteiger charge is -2.32. The van der Waals surface area contributed by atoms with Crippen LogP contribution in [0, 0.1) is 16.0 Å². The van der Waals surface area contributed by atoms with Crippen molar-refractivity contribution in [3.8, 4) is 0 Å². The second-order valence-corrected chi connectivity index (χ2v) is 5.65. The molecule has 1 aliphatic rings. The van der Waals surface area contributed by atoms with Gasteiger partial charge in [-0.1, -0.05) is 23.7 Å². The van der Waals surface area contributed by atoms with Crippen LogP contribution < -0.4 is 0 Å². The van der Waals surface area contributed by atoms with Crippen LogP contribution in [-0.4, -0.2) is 33.8 Å². The summed E-state index contributed by atoms with van der Waals surface area (Å²) in [6.45, 7) is 3.98. The largest absolute Gasteiger partial charge is 0.411 e. The van der Waals surface area contributed by atoms with Crippen LogP contribution in [0.4, 0.5) is 5.69 Å². The van der Waals surface area contributed by atoms with E-state index in [9.17, 15) is 10.1 Å². The summed E-state index contributed by atoms with van der Waals surface area (Å²) in [5, 5.41) is 23.9. The monoisotopic (exact) mass is 311 g/mol. The van der Waals surface area contributed by atoms with Gasteiger partial charge in [-0.05, 0) is 18.6 Å². The van der Waals surface area contributed by atoms with Gasteiger partial charge < -0.3 is 5.21 Å². The van der Waals surface area contributed by atoms with Crippen molar-refractivity contribution in [1.29, 1.82) is 0 Å². The molecular weight excluding hydrogens is 294 g/mol. The van der Waals surface area contributed by atoms with E-state index in [2.05, 4.69) is 10.1 Å². The molecule has 0 radical (unpaired) electrons. The number of nitro groups is 1. The molecular formula is C14H18ClN3O3. The number of nitrogens with zero attached hydrogens (tertiary/aromatic N) is 3. The molecule has 1 heterocycles. The van der Waals surface area contributed by atoms with Crippen LogP contribution in [0.25, 0.3) is 0 Å². The van der Waals surface area contributed by atoms with Gasteiger partial charge in [0.2, 0.25) is 0 Å². The summed E-state index contributed by atoms with van der Waals surface area (Å²) < 4.78 is 0. The molecule has 7 heteroatoms. The lowest BCUT2D eigenvalue weighted by atomic mass is 9.93. The molecule has 1 aromatic carbocycles. The molecule has 114 valence electrons. The molecule has 1 unspecified atom stereocenters. The van der Waals surface area contributed by atoms with Gasteiger partial charge >= 0.3 is 0 Å². The van der Waals surface area contributed by atoms with E-state index in [0.29, 0.717) is 23.6 Å². The van der Waals surface area contributed by atoms with Crippen LogP contribution in [0.15, 0.2) is 23.4 Å². The topological polar surface area (TPSA) is 79.0 Å². The summed E-state index contributed by atoms with van der Waals surface area (Å²) in [6.07, 6.45) is 1.57. The van der Waals surface area contributed by atoms with Crippen molar-refractivity contribution in [2.75, 3.05) is 13.1 Å². The molecule has 1 saturated heterocycles. The van der Waals surface area contributed by atoms with E-state index in [-0.39, 0.29) is 16.5 Å². The fraction of sp³-hybridized carbons (Fsp3) is 0.500. The number of likely N-dealkylation sites (tertiary alicyclic amines) is 1. The quantitative estimate of drug-likeness (QED) is 0.525. The third-order valence-electron chi connectivity index (χ3n) is 3.89. The number of piperidine rings is 1. The number of rotatable bonds is 4. The Morgan fingerprint density at radius 2 is 2.33 bits per heavy atom. The smallest absolute Gasteiger partial charge is 0.273 e. The second-order valence-electron chi connectivity index (χ2n) is 5.21. The molecule has 0 amide bonds. The standard InChI is InChI=1S/C14H18ClN3O3/c1-2-10-8-17(6-5-13(10)16-19)9-11-7-12(15)3-4-14(11)18(20)21/h3-4,7,10,19H,2,5-6,8-9H2,1H3/b16-13+. The zero-order chi connectivity index (χ0) is 15.4. The molecule has 2 rings (SSSR count). The van der Waals surface area contributed by atoms with Crippen molar-refractivity contribution in [1.82, 2.24) is 4.90 Å². The minimum absolute atomic E-state index is 0.0917. The fourth-order valence-electron chi connectivity index (χ4n) is 2.72. The Morgan fingerprint density at radius 3 is 2.95 bits per heavy atom. The Hall–Kier alpha value is -1.66. The van der Waals surface area contributed by atoms with Gasteiger partial charge in [-0.2, -0.15) is 0 Å². The number of hydrogen-bond donors (Lipinski definition) is 1. The molecule has 1 aliphatic heterocycles. The highest BCUT2D eigenvalue weighted by Crippen LogP contribution is 2.26. The van der Waals surface area contributed by atoms with Crippen molar-refractivity contribution in [3.05, 3.63) is 38.9 Å². The third-order valence-corrected chi connectivity index (χ3v) is 4.12. The van der Waals surface area contributed by atoms with Gasteiger partial charge in [0.05, 0.1) is 10.6 Å². The zero-order valence-electron chi connectivity index (χ0n) is 11.8. The summed E-state index contributed by atoms with van der Waals surface area (Å²) in [4.78, 5) is 12.8. The predicted molar refractivity (Wildman–Crippen MR) is 81.0 cm³/mol. The molecule has 6 nitrogen and oxygen atoms in total. The minimum Gasteiger partial charge on any atom is -0.411 e. The maximum Gasteiger partial charge on any atom is 0.273 e. The van der Waals surface area contributed by atoms with Crippen LogP contribution in [0.2, 0.25) is 5.02 Å². The average Bonchev–Trinajstić information content (AvgIpc) is 2.46. The normalized spacial score (nSPS) is 21.6. The first-order valence-electron chi connectivity index (χ1n) is 6.91. The van der Waals surface area contributed by atoms with E-state index < -0.39 is 0 Å². The molecule has 0 bridgehead atoms. The molecule has 0 saturated carbocycles. The van der Waals surface area contributed by atoms with Crippen molar-refractivity contribution in [3.63, 3.8) is 0 Å². The SMILES string of the molecule is CCC1CN(Cc2cc(Cl)ccc2[N+](=O)[O-])CC/C1=N\O. The van der Waals surface area contributed by atoms with Gasteiger partial charge in [0.25, 0.3) is 5.69 Å². The first-order chi connectivity index (χ1) is 10.0. The van der Waals surface area contributed by atoms with Crippen molar-refractivity contribution >= 4 is 23.0 Å². The van der Waals surface area contributed by atoms with Gasteiger partial charge in [-0.25, -0.2) is 0 Å². The van der Waals surface area contributed by atoms with Gasteiger partial charge in [-0.3, -0.25) is 15.0 Å². The van der Waals surface area contributed by atoms with Crippen LogP contribution >= 0.6 is 11.6 Å². The summed E-state index contributed by atoms with van der Waals surface area (Å²) in [7, 11) is 0. The Bertz CT molecular complexity index is 562. The van der Waals surface area contributed by atoms with Gasteiger partial charge in [0.1, 0.15) is 0 Å². The first-order valence-corrected chi connectivity index (χ1v) is 7.29. The van der Waals surface area contributed by atoms with E-state index >= 15 is 0 Å². The van der Waals surface area contributed by atoms with Gasteiger partial charge in [0.15, 0.2) is 0 Å². The molecule has 1 aromatic rings. The summed E-state index contributed by atoms with van der Waals surface area (Å²) >= 11 is 5.95. The molecule has 0 aromatic heterocycles. The fourth-order valence-corrected chi connectivity index (χ4v) is 2.92. The van der Waals surface area contributed by atoms with Crippen LogP contribution in [0.5, 0.6) is 0 Å². The predicted octanol–water partition coefficient (Wildman–Crippen LogP) is 3.31. The Morgan fingerprint density at radius 1 is 1.57 bits per heavy atom. The molecule has 0 aliphatic carbocycles. The number of oxime groups is 1. The Balaban J connectivity index is 2.15. The van der Waals surface area contributed by atoms with Crippen molar-refractivity contribution < 1.29 is 10.1 Å². The molecule has 0 spiro atoms. The first kappa shape index (κ1) is 15.7. The van der Waals surface area contributed by atoms with Crippen molar-refractivity contribution in [2.24, 2.45) is 11.1 Å². The van der Waals surface area contributed by atoms with E-state index in [4.69, 9.17) is 16.8 Å². The highest BCUT2D eigenvalue weighted by molar-refractivity contribution is 6.30. The van der Waals surface area contributed by atoms with Crippen molar-refractivity contribution in [2.45, 2.75) is 26.3 Å². The summed E-state index contributed by atoms with van der Waals surface area (Å²) in [5.74, 6) is 0.196. The summed E-state index contributed by atoms with van der Waals surface area (Å²) in [5.41, 5.74) is 1.52. The lowest BCUT2D eigenvalue weighted by molar-refractivity contribution is -0.385. The number of hydrogen-bond acceptors (Lipinski definition) is 5. The van der Waals surface area contributed by atoms with E-state index in [1.165, 1.54) is 12.1 Å². The number of nitro benzene ring substituents is 1. The highest BCUT2D eigenvalue weighted by atomic mass is 35.5. The Labute approximate surface area is 128 Å². The van der Waals surface area contributed by atoms with E-state index in [0.717, 1.165) is 25.2 Å². The number of halogens is 1. The highest BCUT2D eigenvalue weighted by Gasteiger charge is 2.26. The van der Waals surface area contributed by atoms with Gasteiger partial charge in [0, 0.05) is 48.6 Å². The third kappa shape index (κ3) is 3.71. The maximum absolute atomic E-state index is 11.1. The molecule has 1 fully saturated rings. The van der Waals surface area contributed by atoms with Gasteiger partial charge in [-0.15, -0.1) is 0 Å². The maximum atomic E-state index is 11.1. The minimum atomic E-state index is -0.381. The van der Waals surface area contributed by atoms with E-state index in [1.807, 2.05) is 6.92 Å². The van der Waals surface area contributed by atoms with Crippen LogP contribution in [-0.2, 0) is 6.54 Å².